The van der Waals surface area contributed by atoms with Gasteiger partial charge in [-0.2, -0.15) is 0 Å². The second kappa shape index (κ2) is 8.84. The summed E-state index contributed by atoms with van der Waals surface area (Å²) in [4.78, 5) is 11.7. The maximum atomic E-state index is 12.8. The summed E-state index contributed by atoms with van der Waals surface area (Å²) >= 11 is 0. The fourth-order valence-electron chi connectivity index (χ4n) is 1.82. The fraction of sp³-hybridized carbons (Fsp3) is 0.400. The molecule has 0 bridgehead atoms. The van der Waals surface area contributed by atoms with Crippen LogP contribution in [0.15, 0.2) is 30.5 Å². The highest BCUT2D eigenvalue weighted by Crippen LogP contribution is 2.12. The van der Waals surface area contributed by atoms with Crippen LogP contribution in [0.2, 0.25) is 0 Å². The number of benzene rings is 1. The van der Waals surface area contributed by atoms with Crippen molar-refractivity contribution in [1.82, 2.24) is 20.3 Å². The molecule has 0 aliphatic heterocycles. The number of hydrogen-bond donors (Lipinski definition) is 1. The first-order valence-electron chi connectivity index (χ1n) is 7.20. The molecule has 23 heavy (non-hydrogen) atoms. The van der Waals surface area contributed by atoms with Crippen LogP contribution in [0.3, 0.4) is 0 Å². The third-order valence-corrected chi connectivity index (χ3v) is 2.94. The molecule has 124 valence electrons. The van der Waals surface area contributed by atoms with Gasteiger partial charge in [0.15, 0.2) is 0 Å². The van der Waals surface area contributed by atoms with Crippen LogP contribution in [0.1, 0.15) is 12.1 Å². The van der Waals surface area contributed by atoms with Gasteiger partial charge in [-0.15, -0.1) is 5.10 Å². The Hall–Kier alpha value is -2.48. The number of rotatable bonds is 9. The van der Waals surface area contributed by atoms with Gasteiger partial charge in [-0.25, -0.2) is 9.07 Å². The van der Waals surface area contributed by atoms with E-state index in [4.69, 9.17) is 9.47 Å². The van der Waals surface area contributed by atoms with Crippen molar-refractivity contribution in [3.05, 3.63) is 42.0 Å². The Morgan fingerprint density at radius 2 is 2.13 bits per heavy atom. The number of methoxy groups -OCH3 is 1. The largest absolute Gasteiger partial charge is 0.487 e. The number of carbonyl (C=O) groups is 1. The molecular weight excluding hydrogens is 303 g/mol. The highest BCUT2D eigenvalue weighted by Gasteiger charge is 2.06. The van der Waals surface area contributed by atoms with Gasteiger partial charge >= 0.3 is 0 Å². The summed E-state index contributed by atoms with van der Waals surface area (Å²) in [6, 6.07) is 5.71. The van der Waals surface area contributed by atoms with E-state index in [-0.39, 0.29) is 24.9 Å². The van der Waals surface area contributed by atoms with Gasteiger partial charge in [0.25, 0.3) is 0 Å². The van der Waals surface area contributed by atoms with E-state index >= 15 is 0 Å². The molecule has 2 rings (SSSR count). The maximum Gasteiger partial charge on any atom is 0.241 e. The Balaban J connectivity index is 1.74. The topological polar surface area (TPSA) is 78.3 Å². The van der Waals surface area contributed by atoms with E-state index in [2.05, 4.69) is 15.6 Å². The molecule has 1 aromatic heterocycles. The summed E-state index contributed by atoms with van der Waals surface area (Å²) in [6.07, 6.45) is 2.40. The van der Waals surface area contributed by atoms with Crippen molar-refractivity contribution in [3.63, 3.8) is 0 Å². The lowest BCUT2D eigenvalue weighted by molar-refractivity contribution is -0.121. The van der Waals surface area contributed by atoms with Crippen molar-refractivity contribution in [2.24, 2.45) is 0 Å². The summed E-state index contributed by atoms with van der Waals surface area (Å²) in [5.74, 6) is 0.0775. The molecule has 0 aliphatic rings. The molecule has 0 aliphatic carbocycles. The second-order valence-electron chi connectivity index (χ2n) is 4.85. The maximum absolute atomic E-state index is 12.8. The van der Waals surface area contributed by atoms with Gasteiger partial charge < -0.3 is 14.8 Å². The third kappa shape index (κ3) is 6.03. The highest BCUT2D eigenvalue weighted by molar-refractivity contribution is 5.75. The summed E-state index contributed by atoms with van der Waals surface area (Å²) in [6.45, 7) is 1.45. The monoisotopic (exact) mass is 322 g/mol. The molecule has 8 heteroatoms. The first-order chi connectivity index (χ1) is 11.2. The molecular formula is C15H19FN4O3. The molecule has 0 atom stereocenters. The summed E-state index contributed by atoms with van der Waals surface area (Å²) < 4.78 is 24.6. The van der Waals surface area contributed by atoms with Crippen molar-refractivity contribution in [2.75, 3.05) is 20.3 Å². The first-order valence-corrected chi connectivity index (χ1v) is 7.20. The Labute approximate surface area is 133 Å². The summed E-state index contributed by atoms with van der Waals surface area (Å²) in [5, 5.41) is 10.6. The van der Waals surface area contributed by atoms with Crippen LogP contribution in [0.4, 0.5) is 4.39 Å². The predicted molar refractivity (Wildman–Crippen MR) is 80.3 cm³/mol. The van der Waals surface area contributed by atoms with Crippen molar-refractivity contribution in [3.8, 4) is 5.75 Å². The van der Waals surface area contributed by atoms with E-state index in [0.717, 1.165) is 6.42 Å². The first kappa shape index (κ1) is 16.9. The molecule has 0 radical (unpaired) electrons. The van der Waals surface area contributed by atoms with E-state index in [1.54, 1.807) is 13.3 Å². The zero-order chi connectivity index (χ0) is 16.5. The molecule has 2 aromatic rings. The zero-order valence-corrected chi connectivity index (χ0v) is 12.9. The number of amides is 1. The van der Waals surface area contributed by atoms with Crippen LogP contribution in [0.5, 0.6) is 5.75 Å². The second-order valence-corrected chi connectivity index (χ2v) is 4.85. The van der Waals surface area contributed by atoms with E-state index in [0.29, 0.717) is 24.6 Å². The minimum absolute atomic E-state index is 0.0938. The number of nitrogens with zero attached hydrogens (tertiary/aromatic N) is 3. The lowest BCUT2D eigenvalue weighted by Crippen LogP contribution is -2.29. The Kier molecular flexibility index (Phi) is 6.49. The molecule has 1 amide bonds. The number of halogens is 1. The average molecular weight is 322 g/mol. The van der Waals surface area contributed by atoms with Gasteiger partial charge in [-0.1, -0.05) is 5.21 Å². The van der Waals surface area contributed by atoms with Crippen LogP contribution in [0.25, 0.3) is 0 Å². The number of nitrogens with one attached hydrogen (secondary N) is 1. The smallest absolute Gasteiger partial charge is 0.241 e. The fourth-order valence-corrected chi connectivity index (χ4v) is 1.82. The minimum Gasteiger partial charge on any atom is -0.487 e. The highest BCUT2D eigenvalue weighted by atomic mass is 19.1. The van der Waals surface area contributed by atoms with Crippen LogP contribution >= 0.6 is 0 Å². The van der Waals surface area contributed by atoms with Crippen LogP contribution in [0, 0.1) is 5.82 Å². The van der Waals surface area contributed by atoms with Gasteiger partial charge in [0, 0.05) is 20.3 Å². The van der Waals surface area contributed by atoms with E-state index in [1.807, 2.05) is 0 Å². The lowest BCUT2D eigenvalue weighted by atomic mass is 10.3. The predicted octanol–water partition coefficient (Wildman–Crippen LogP) is 1.15. The van der Waals surface area contributed by atoms with Crippen molar-refractivity contribution in [1.29, 1.82) is 0 Å². The number of hydrogen-bond acceptors (Lipinski definition) is 5. The van der Waals surface area contributed by atoms with Crippen molar-refractivity contribution >= 4 is 5.91 Å². The SMILES string of the molecule is COCCCNC(=O)Cn1cc(COc2ccc(F)cc2)nn1. The normalized spacial score (nSPS) is 10.5. The van der Waals surface area contributed by atoms with Gasteiger partial charge in [0.05, 0.1) is 6.20 Å². The van der Waals surface area contributed by atoms with Gasteiger partial charge in [0.1, 0.15) is 30.4 Å². The van der Waals surface area contributed by atoms with Gasteiger partial charge in [0.2, 0.25) is 5.91 Å². The van der Waals surface area contributed by atoms with Crippen LogP contribution in [-0.2, 0) is 22.7 Å². The Bertz CT molecular complexity index is 615. The van der Waals surface area contributed by atoms with Crippen LogP contribution < -0.4 is 10.1 Å². The number of aromatic nitrogens is 3. The van der Waals surface area contributed by atoms with Crippen molar-refractivity contribution in [2.45, 2.75) is 19.6 Å². The van der Waals surface area contributed by atoms with Gasteiger partial charge in [-0.3, -0.25) is 4.79 Å². The summed E-state index contributed by atoms with van der Waals surface area (Å²) in [5.41, 5.74) is 0.585. The zero-order valence-electron chi connectivity index (χ0n) is 12.9. The van der Waals surface area contributed by atoms with Crippen LogP contribution in [-0.4, -0.2) is 41.2 Å². The molecule has 0 saturated heterocycles. The molecule has 0 unspecified atom stereocenters. The Morgan fingerprint density at radius 1 is 1.35 bits per heavy atom. The third-order valence-electron chi connectivity index (χ3n) is 2.94. The van der Waals surface area contributed by atoms with Gasteiger partial charge in [-0.05, 0) is 30.7 Å². The van der Waals surface area contributed by atoms with E-state index < -0.39 is 0 Å². The minimum atomic E-state index is -0.320. The Morgan fingerprint density at radius 3 is 2.87 bits per heavy atom. The molecule has 1 N–H and O–H groups in total. The average Bonchev–Trinajstić information content (AvgIpc) is 2.98. The lowest BCUT2D eigenvalue weighted by Gasteiger charge is -2.04. The number of ether oxygens (including phenoxy) is 2. The molecule has 1 heterocycles. The molecule has 0 fully saturated rings. The molecule has 7 nitrogen and oxygen atoms in total. The number of carbonyl (C=O) groups excluding carboxylic acids is 1. The molecule has 0 saturated carbocycles. The standard InChI is InChI=1S/C15H19FN4O3/c1-22-8-2-7-17-15(21)10-20-9-13(18-19-20)11-23-14-5-3-12(16)4-6-14/h3-6,9H,2,7-8,10-11H2,1H3,(H,17,21). The van der Waals surface area contributed by atoms with E-state index in [1.165, 1.54) is 28.9 Å². The quantitative estimate of drug-likeness (QED) is 0.701. The van der Waals surface area contributed by atoms with E-state index in [9.17, 15) is 9.18 Å². The van der Waals surface area contributed by atoms with Crippen molar-refractivity contribution < 1.29 is 18.7 Å². The summed E-state index contributed by atoms with van der Waals surface area (Å²) in [7, 11) is 1.62. The molecule has 1 aromatic carbocycles. The molecule has 0 spiro atoms.